The lowest BCUT2D eigenvalue weighted by molar-refractivity contribution is -0.135. The quantitative estimate of drug-likeness (QED) is 0.490. The van der Waals surface area contributed by atoms with Gasteiger partial charge in [0.05, 0.1) is 0 Å². The van der Waals surface area contributed by atoms with E-state index in [-0.39, 0.29) is 11.1 Å². The molecule has 1 atom stereocenters. The van der Waals surface area contributed by atoms with E-state index >= 15 is 0 Å². The Morgan fingerprint density at radius 2 is 2.28 bits per heavy atom. The van der Waals surface area contributed by atoms with Crippen LogP contribution < -0.4 is 0 Å². The molecule has 0 aromatic carbocycles. The van der Waals surface area contributed by atoms with E-state index in [1.807, 2.05) is 11.5 Å². The van der Waals surface area contributed by atoms with Gasteiger partial charge in [-0.15, -0.1) is 11.8 Å². The number of carbonyl (C=O) groups is 2. The van der Waals surface area contributed by atoms with Crippen molar-refractivity contribution in [2.24, 2.45) is 0 Å². The van der Waals surface area contributed by atoms with Crippen LogP contribution in [0.1, 0.15) is 22.3 Å². The van der Waals surface area contributed by atoms with Gasteiger partial charge in [-0.2, -0.15) is 5.10 Å². The highest BCUT2D eigenvalue weighted by Gasteiger charge is 2.20. The van der Waals surface area contributed by atoms with Gasteiger partial charge in [-0.3, -0.25) is 4.79 Å². The fraction of sp³-hybridized carbons (Fsp3) is 0.182. The van der Waals surface area contributed by atoms with Gasteiger partial charge in [0.2, 0.25) is 11.5 Å². The van der Waals surface area contributed by atoms with Crippen LogP contribution in [0, 0.1) is 0 Å². The van der Waals surface area contributed by atoms with E-state index in [4.69, 9.17) is 10.2 Å². The largest absolute Gasteiger partial charge is 0.502 e. The SMILES string of the molecule is O=C(O)C(O)=CC(=O)c1ccnn1C1CC=CS1. The maximum atomic E-state index is 11.8. The van der Waals surface area contributed by atoms with Crippen molar-refractivity contribution in [3.05, 3.63) is 41.3 Å². The summed E-state index contributed by atoms with van der Waals surface area (Å²) < 4.78 is 1.53. The van der Waals surface area contributed by atoms with Crippen molar-refractivity contribution >= 4 is 23.5 Å². The number of hydrogen-bond acceptors (Lipinski definition) is 5. The number of carboxylic acids is 1. The fourth-order valence-electron chi connectivity index (χ4n) is 1.53. The molecule has 1 aromatic rings. The van der Waals surface area contributed by atoms with Crippen LogP contribution in [0.4, 0.5) is 0 Å². The van der Waals surface area contributed by atoms with Crippen LogP contribution in [0.25, 0.3) is 0 Å². The number of allylic oxidation sites excluding steroid dienone is 2. The molecule has 1 aromatic heterocycles. The number of thioether (sulfide) groups is 1. The normalized spacial score (nSPS) is 19.1. The van der Waals surface area contributed by atoms with E-state index in [9.17, 15) is 9.59 Å². The van der Waals surface area contributed by atoms with Crippen LogP contribution in [0.15, 0.2) is 35.6 Å². The van der Waals surface area contributed by atoms with Gasteiger partial charge in [0.15, 0.2) is 0 Å². The lowest BCUT2D eigenvalue weighted by Gasteiger charge is -2.11. The zero-order valence-electron chi connectivity index (χ0n) is 9.18. The number of carbonyl (C=O) groups excluding carboxylic acids is 1. The molecule has 2 heterocycles. The monoisotopic (exact) mass is 266 g/mol. The third-order valence-corrected chi connectivity index (χ3v) is 3.41. The van der Waals surface area contributed by atoms with Gasteiger partial charge in [-0.05, 0) is 17.9 Å². The highest BCUT2D eigenvalue weighted by atomic mass is 32.2. The first kappa shape index (κ1) is 12.4. The van der Waals surface area contributed by atoms with Crippen molar-refractivity contribution in [1.82, 2.24) is 9.78 Å². The maximum absolute atomic E-state index is 11.8. The Balaban J connectivity index is 2.24. The Bertz CT molecular complexity index is 539. The van der Waals surface area contributed by atoms with Crippen LogP contribution in [0.5, 0.6) is 0 Å². The van der Waals surface area contributed by atoms with Gasteiger partial charge in [-0.1, -0.05) is 6.08 Å². The summed E-state index contributed by atoms with van der Waals surface area (Å²) in [5, 5.41) is 23.5. The van der Waals surface area contributed by atoms with Gasteiger partial charge in [0, 0.05) is 12.3 Å². The number of aliphatic hydroxyl groups excluding tert-OH is 1. The first-order valence-electron chi connectivity index (χ1n) is 5.12. The molecule has 94 valence electrons. The summed E-state index contributed by atoms with van der Waals surface area (Å²) >= 11 is 1.53. The molecule has 0 aliphatic carbocycles. The number of ketones is 1. The third kappa shape index (κ3) is 2.45. The molecule has 2 rings (SSSR count). The molecule has 1 aliphatic heterocycles. The summed E-state index contributed by atoms with van der Waals surface area (Å²) in [7, 11) is 0. The summed E-state index contributed by atoms with van der Waals surface area (Å²) in [6.45, 7) is 0. The lowest BCUT2D eigenvalue weighted by atomic mass is 10.2. The number of aliphatic hydroxyl groups is 1. The number of nitrogens with zero attached hydrogens (tertiary/aromatic N) is 2. The number of carboxylic acid groups (broad SMARTS) is 1. The van der Waals surface area contributed by atoms with Gasteiger partial charge in [0.25, 0.3) is 0 Å². The summed E-state index contributed by atoms with van der Waals surface area (Å²) in [4.78, 5) is 22.2. The van der Waals surface area contributed by atoms with Crippen molar-refractivity contribution in [3.63, 3.8) is 0 Å². The molecular weight excluding hydrogens is 256 g/mol. The molecule has 1 aliphatic rings. The molecular formula is C11H10N2O4S. The molecule has 0 bridgehead atoms. The smallest absolute Gasteiger partial charge is 0.371 e. The van der Waals surface area contributed by atoms with Crippen molar-refractivity contribution in [1.29, 1.82) is 0 Å². The average Bonchev–Trinajstić information content (AvgIpc) is 2.99. The van der Waals surface area contributed by atoms with Crippen molar-refractivity contribution < 1.29 is 19.8 Å². The van der Waals surface area contributed by atoms with E-state index in [1.165, 1.54) is 28.7 Å². The molecule has 2 N–H and O–H groups in total. The molecule has 0 saturated heterocycles. The minimum atomic E-state index is -1.54. The highest BCUT2D eigenvalue weighted by molar-refractivity contribution is 8.02. The molecule has 0 radical (unpaired) electrons. The second-order valence-corrected chi connectivity index (χ2v) is 4.65. The van der Waals surface area contributed by atoms with E-state index in [2.05, 4.69) is 5.10 Å². The fourth-order valence-corrected chi connectivity index (χ4v) is 2.44. The van der Waals surface area contributed by atoms with E-state index in [0.717, 1.165) is 6.42 Å². The summed E-state index contributed by atoms with van der Waals surface area (Å²) in [5.74, 6) is -3.10. The van der Waals surface area contributed by atoms with Gasteiger partial charge < -0.3 is 10.2 Å². The predicted octanol–water partition coefficient (Wildman–Crippen LogP) is 1.74. The number of aromatic nitrogens is 2. The maximum Gasteiger partial charge on any atom is 0.371 e. The Hall–Kier alpha value is -2.02. The van der Waals surface area contributed by atoms with E-state index < -0.39 is 17.5 Å². The van der Waals surface area contributed by atoms with Crippen LogP contribution >= 0.6 is 11.8 Å². The van der Waals surface area contributed by atoms with Gasteiger partial charge >= 0.3 is 5.97 Å². The average molecular weight is 266 g/mol. The molecule has 0 saturated carbocycles. The second-order valence-electron chi connectivity index (χ2n) is 3.56. The number of hydrogen-bond donors (Lipinski definition) is 2. The molecule has 0 fully saturated rings. The van der Waals surface area contributed by atoms with E-state index in [1.54, 1.807) is 0 Å². The van der Waals surface area contributed by atoms with Gasteiger partial charge in [0.1, 0.15) is 11.1 Å². The topological polar surface area (TPSA) is 92.4 Å². The number of rotatable bonds is 4. The Kier molecular flexibility index (Phi) is 3.52. The third-order valence-electron chi connectivity index (χ3n) is 2.35. The molecule has 7 heteroatoms. The summed E-state index contributed by atoms with van der Waals surface area (Å²) in [6, 6.07) is 1.49. The summed E-state index contributed by atoms with van der Waals surface area (Å²) in [6.07, 6.45) is 4.87. The van der Waals surface area contributed by atoms with Crippen molar-refractivity contribution in [3.8, 4) is 0 Å². The zero-order valence-corrected chi connectivity index (χ0v) is 10.0. The molecule has 6 nitrogen and oxygen atoms in total. The molecule has 18 heavy (non-hydrogen) atoms. The minimum absolute atomic E-state index is 0.000629. The van der Waals surface area contributed by atoms with Gasteiger partial charge in [-0.25, -0.2) is 9.48 Å². The van der Waals surface area contributed by atoms with Crippen LogP contribution in [-0.4, -0.2) is 31.7 Å². The first-order chi connectivity index (χ1) is 8.59. The molecule has 1 unspecified atom stereocenters. The Morgan fingerprint density at radius 3 is 2.89 bits per heavy atom. The molecule has 0 spiro atoms. The second kappa shape index (κ2) is 5.09. The predicted molar refractivity (Wildman–Crippen MR) is 65.3 cm³/mol. The van der Waals surface area contributed by atoms with Crippen molar-refractivity contribution in [2.45, 2.75) is 11.8 Å². The highest BCUT2D eigenvalue weighted by Crippen LogP contribution is 2.34. The van der Waals surface area contributed by atoms with Crippen LogP contribution in [0.3, 0.4) is 0 Å². The minimum Gasteiger partial charge on any atom is -0.502 e. The zero-order chi connectivity index (χ0) is 13.1. The molecule has 0 amide bonds. The standard InChI is InChI=1S/C11H10N2O4S/c14-8(6-9(15)11(16)17)7-3-4-12-13(7)10-2-1-5-18-10/h1,3-6,10,15H,2H2,(H,16,17). The van der Waals surface area contributed by atoms with Crippen molar-refractivity contribution in [2.75, 3.05) is 0 Å². The Morgan fingerprint density at radius 1 is 1.50 bits per heavy atom. The lowest BCUT2D eigenvalue weighted by Crippen LogP contribution is -2.13. The van der Waals surface area contributed by atoms with E-state index in [0.29, 0.717) is 6.08 Å². The number of aliphatic carboxylic acids is 1. The van der Waals surface area contributed by atoms with Crippen LogP contribution in [0.2, 0.25) is 0 Å². The van der Waals surface area contributed by atoms with Crippen LogP contribution in [-0.2, 0) is 4.79 Å². The summed E-state index contributed by atoms with van der Waals surface area (Å²) in [5.41, 5.74) is 0.254. The first-order valence-corrected chi connectivity index (χ1v) is 6.06. The Labute approximate surface area is 107 Å².